The lowest BCUT2D eigenvalue weighted by molar-refractivity contribution is 0.0710. The minimum atomic E-state index is -0.508. The topological polar surface area (TPSA) is 85.2 Å². The van der Waals surface area contributed by atoms with E-state index in [0.29, 0.717) is 33.9 Å². The second-order valence-electron chi connectivity index (χ2n) is 7.10. The van der Waals surface area contributed by atoms with Gasteiger partial charge in [-0.1, -0.05) is 41.2 Å². The lowest BCUT2D eigenvalue weighted by Crippen LogP contribution is -2.34. The highest BCUT2D eigenvalue weighted by atomic mass is 35.5. The zero-order valence-corrected chi connectivity index (χ0v) is 17.0. The van der Waals surface area contributed by atoms with Crippen molar-refractivity contribution in [3.8, 4) is 0 Å². The molecule has 1 unspecified atom stereocenters. The Labute approximate surface area is 173 Å². The molecular weight excluding hydrogens is 411 g/mol. The summed E-state index contributed by atoms with van der Waals surface area (Å²) in [7, 11) is 0. The number of carbonyl (C=O) groups excluding carboxylic acids is 1. The average Bonchev–Trinajstić information content (AvgIpc) is 3.35. The van der Waals surface area contributed by atoms with Crippen LogP contribution in [0.25, 0.3) is 0 Å². The van der Waals surface area contributed by atoms with Crippen molar-refractivity contribution in [1.29, 1.82) is 0 Å². The summed E-state index contributed by atoms with van der Waals surface area (Å²) in [4.78, 5) is 19.3. The molecule has 1 amide bonds. The Kier molecular flexibility index (Phi) is 6.01. The first-order valence-electron chi connectivity index (χ1n) is 8.87. The zero-order chi connectivity index (χ0) is 18.3. The van der Waals surface area contributed by atoms with Gasteiger partial charge in [0.05, 0.1) is 16.1 Å². The third-order valence-electron chi connectivity index (χ3n) is 5.34. The number of nitrogens with two attached hydrogens (primary N) is 1. The Balaban J connectivity index is 0.00000210. The molecule has 1 aromatic heterocycles. The van der Waals surface area contributed by atoms with E-state index in [2.05, 4.69) is 10.1 Å². The van der Waals surface area contributed by atoms with Crippen LogP contribution in [0, 0.1) is 0 Å². The highest BCUT2D eigenvalue weighted by Gasteiger charge is 2.39. The summed E-state index contributed by atoms with van der Waals surface area (Å²) in [6.45, 7) is 0.609. The van der Waals surface area contributed by atoms with E-state index >= 15 is 0 Å². The van der Waals surface area contributed by atoms with Gasteiger partial charge in [-0.3, -0.25) is 4.79 Å². The first kappa shape index (κ1) is 20.4. The number of halogens is 3. The Morgan fingerprint density at radius 3 is 2.74 bits per heavy atom. The van der Waals surface area contributed by atoms with E-state index in [1.165, 1.54) is 0 Å². The molecule has 1 aliphatic heterocycles. The van der Waals surface area contributed by atoms with Gasteiger partial charge >= 0.3 is 0 Å². The van der Waals surface area contributed by atoms with Gasteiger partial charge in [0.1, 0.15) is 6.04 Å². The molecule has 9 heteroatoms. The number of likely N-dealkylation sites (tertiary alicyclic amines) is 1. The van der Waals surface area contributed by atoms with Gasteiger partial charge in [0.15, 0.2) is 5.82 Å². The molecule has 0 spiro atoms. The summed E-state index contributed by atoms with van der Waals surface area (Å²) in [6.07, 6.45) is 5.49. The van der Waals surface area contributed by atoms with Crippen LogP contribution >= 0.6 is 35.6 Å². The molecule has 0 radical (unpaired) electrons. The van der Waals surface area contributed by atoms with Crippen molar-refractivity contribution in [3.05, 3.63) is 45.5 Å². The molecule has 27 heavy (non-hydrogen) atoms. The van der Waals surface area contributed by atoms with Gasteiger partial charge in [0.2, 0.25) is 5.89 Å². The molecule has 1 saturated carbocycles. The van der Waals surface area contributed by atoms with Gasteiger partial charge in [0, 0.05) is 11.6 Å². The van der Waals surface area contributed by atoms with Crippen LogP contribution in [0.4, 0.5) is 0 Å². The average molecular weight is 432 g/mol. The van der Waals surface area contributed by atoms with Crippen LogP contribution < -0.4 is 5.73 Å². The number of rotatable bonds is 3. The van der Waals surface area contributed by atoms with Crippen LogP contribution in [-0.2, 0) is 5.54 Å². The van der Waals surface area contributed by atoms with Gasteiger partial charge in [-0.05, 0) is 43.9 Å². The number of nitrogens with zero attached hydrogens (tertiary/aromatic N) is 3. The Morgan fingerprint density at radius 2 is 2.00 bits per heavy atom. The molecule has 2 N–H and O–H groups in total. The van der Waals surface area contributed by atoms with Crippen molar-refractivity contribution in [2.75, 3.05) is 6.54 Å². The number of carbonyl (C=O) groups is 1. The Morgan fingerprint density at radius 1 is 1.26 bits per heavy atom. The molecule has 1 atom stereocenters. The standard InChI is InChI=1S/C18H20Cl2N4O2.ClH/c19-11-5-6-13(20)12(10-11)16(25)24-9-3-4-14(24)15-22-17(23-26-15)18(21)7-1-2-8-18;/h5-6,10,14H,1-4,7-9,21H2;1H. The minimum absolute atomic E-state index is 0. The van der Waals surface area contributed by atoms with Crippen molar-refractivity contribution in [2.24, 2.45) is 5.73 Å². The van der Waals surface area contributed by atoms with E-state index < -0.39 is 5.54 Å². The second-order valence-corrected chi connectivity index (χ2v) is 7.94. The molecule has 2 aromatic rings. The molecule has 6 nitrogen and oxygen atoms in total. The molecule has 2 aliphatic rings. The van der Waals surface area contributed by atoms with Gasteiger partial charge < -0.3 is 15.2 Å². The van der Waals surface area contributed by atoms with E-state index in [0.717, 1.165) is 38.5 Å². The van der Waals surface area contributed by atoms with Crippen molar-refractivity contribution in [3.63, 3.8) is 0 Å². The van der Waals surface area contributed by atoms with Gasteiger partial charge in [-0.15, -0.1) is 12.4 Å². The lowest BCUT2D eigenvalue weighted by atomic mass is 9.98. The maximum Gasteiger partial charge on any atom is 0.256 e. The molecular formula is C18H21Cl3N4O2. The van der Waals surface area contributed by atoms with E-state index in [4.69, 9.17) is 33.5 Å². The van der Waals surface area contributed by atoms with Crippen LogP contribution in [0.1, 0.15) is 66.6 Å². The Bertz CT molecular complexity index is 836. The van der Waals surface area contributed by atoms with E-state index in [9.17, 15) is 4.79 Å². The maximum absolute atomic E-state index is 13.0. The predicted molar refractivity (Wildman–Crippen MR) is 105 cm³/mol. The number of hydrogen-bond donors (Lipinski definition) is 1. The van der Waals surface area contributed by atoms with Crippen LogP contribution in [0.5, 0.6) is 0 Å². The second kappa shape index (κ2) is 7.95. The minimum Gasteiger partial charge on any atom is -0.337 e. The summed E-state index contributed by atoms with van der Waals surface area (Å²) >= 11 is 12.2. The number of benzene rings is 1. The third-order valence-corrected chi connectivity index (χ3v) is 5.91. The van der Waals surface area contributed by atoms with E-state index in [1.54, 1.807) is 23.1 Å². The normalized spacial score (nSPS) is 21.3. The largest absolute Gasteiger partial charge is 0.337 e. The maximum atomic E-state index is 13.0. The molecule has 2 heterocycles. The van der Waals surface area contributed by atoms with Gasteiger partial charge in [-0.25, -0.2) is 0 Å². The quantitative estimate of drug-likeness (QED) is 0.773. The van der Waals surface area contributed by atoms with Gasteiger partial charge in [-0.2, -0.15) is 4.98 Å². The molecule has 2 fully saturated rings. The highest BCUT2D eigenvalue weighted by Crippen LogP contribution is 2.38. The first-order chi connectivity index (χ1) is 12.5. The fourth-order valence-electron chi connectivity index (χ4n) is 3.88. The molecule has 4 rings (SSSR count). The summed E-state index contributed by atoms with van der Waals surface area (Å²) in [5.74, 6) is 0.814. The summed E-state index contributed by atoms with van der Waals surface area (Å²) in [5.41, 5.74) is 6.29. The zero-order valence-electron chi connectivity index (χ0n) is 14.7. The fraction of sp³-hybridized carbons (Fsp3) is 0.500. The van der Waals surface area contributed by atoms with Crippen molar-refractivity contribution in [2.45, 2.75) is 50.1 Å². The van der Waals surface area contributed by atoms with E-state index in [-0.39, 0.29) is 24.4 Å². The van der Waals surface area contributed by atoms with E-state index in [1.807, 2.05) is 0 Å². The number of hydrogen-bond acceptors (Lipinski definition) is 5. The predicted octanol–water partition coefficient (Wildman–Crippen LogP) is 4.50. The first-order valence-corrected chi connectivity index (χ1v) is 9.62. The Hall–Kier alpha value is -1.34. The van der Waals surface area contributed by atoms with Crippen LogP contribution in [0.3, 0.4) is 0 Å². The molecule has 1 saturated heterocycles. The summed E-state index contributed by atoms with van der Waals surface area (Å²) < 4.78 is 5.50. The van der Waals surface area contributed by atoms with Crippen molar-refractivity contribution >= 4 is 41.5 Å². The van der Waals surface area contributed by atoms with Crippen LogP contribution in [0.15, 0.2) is 22.7 Å². The summed E-state index contributed by atoms with van der Waals surface area (Å²) in [6, 6.07) is 4.62. The smallest absolute Gasteiger partial charge is 0.256 e. The highest BCUT2D eigenvalue weighted by molar-refractivity contribution is 6.35. The fourth-order valence-corrected chi connectivity index (χ4v) is 4.26. The summed E-state index contributed by atoms with van der Waals surface area (Å²) in [5, 5.41) is 4.97. The van der Waals surface area contributed by atoms with Crippen molar-refractivity contribution in [1.82, 2.24) is 15.0 Å². The van der Waals surface area contributed by atoms with Crippen LogP contribution in [-0.4, -0.2) is 27.5 Å². The van der Waals surface area contributed by atoms with Crippen LogP contribution in [0.2, 0.25) is 10.0 Å². The van der Waals surface area contributed by atoms with Crippen molar-refractivity contribution < 1.29 is 9.32 Å². The molecule has 1 aliphatic carbocycles. The molecule has 0 bridgehead atoms. The SMILES string of the molecule is Cl.NC1(c2noc(C3CCCN3C(=O)c3cc(Cl)ccc3Cl)n2)CCCC1. The number of amides is 1. The third kappa shape index (κ3) is 3.81. The molecule has 146 valence electrons. The van der Waals surface area contributed by atoms with Gasteiger partial charge in [0.25, 0.3) is 5.91 Å². The molecule has 1 aromatic carbocycles. The monoisotopic (exact) mass is 430 g/mol. The lowest BCUT2D eigenvalue weighted by Gasteiger charge is -2.22. The number of aromatic nitrogens is 2.